The first-order valence-corrected chi connectivity index (χ1v) is 5.93. The number of hydrogen-bond acceptors (Lipinski definition) is 5. The van der Waals surface area contributed by atoms with Crippen LogP contribution >= 0.6 is 23.3 Å². The molecule has 0 aliphatic heterocycles. The van der Waals surface area contributed by atoms with Gasteiger partial charge in [0.1, 0.15) is 0 Å². The normalized spacial score (nSPS) is 10.0. The highest BCUT2D eigenvalue weighted by atomic mass is 32.2. The van der Waals surface area contributed by atoms with Crippen LogP contribution in [-0.2, 0) is 4.79 Å². The summed E-state index contributed by atoms with van der Waals surface area (Å²) >= 11 is 2.68. The van der Waals surface area contributed by atoms with Crippen molar-refractivity contribution in [3.63, 3.8) is 0 Å². The Balaban J connectivity index is 2.49. The molecule has 4 nitrogen and oxygen atoms in total. The van der Waals surface area contributed by atoms with Crippen molar-refractivity contribution in [1.82, 2.24) is 9.36 Å². The van der Waals surface area contributed by atoms with Gasteiger partial charge in [-0.1, -0.05) is 18.7 Å². The third-order valence-electron chi connectivity index (χ3n) is 1.31. The maximum atomic E-state index is 11.1. The van der Waals surface area contributed by atoms with E-state index in [1.807, 2.05) is 13.2 Å². The maximum Gasteiger partial charge on any atom is 0.226 e. The number of carbonyl (C=O) groups is 1. The van der Waals surface area contributed by atoms with E-state index in [-0.39, 0.29) is 5.91 Å². The van der Waals surface area contributed by atoms with Gasteiger partial charge >= 0.3 is 0 Å². The van der Waals surface area contributed by atoms with Gasteiger partial charge in [0.2, 0.25) is 16.2 Å². The van der Waals surface area contributed by atoms with Crippen molar-refractivity contribution in [1.29, 1.82) is 0 Å². The number of hydrogen-bond donors (Lipinski definition) is 1. The Hall–Kier alpha value is -0.620. The average molecular weight is 217 g/mol. The minimum atomic E-state index is 0.00584. The zero-order valence-corrected chi connectivity index (χ0v) is 9.17. The van der Waals surface area contributed by atoms with E-state index < -0.39 is 0 Å². The largest absolute Gasteiger partial charge is 0.301 e. The van der Waals surface area contributed by atoms with Gasteiger partial charge in [-0.3, -0.25) is 4.79 Å². The van der Waals surface area contributed by atoms with Crippen LogP contribution in [0.5, 0.6) is 0 Å². The predicted molar refractivity (Wildman–Crippen MR) is 55.2 cm³/mol. The van der Waals surface area contributed by atoms with Gasteiger partial charge in [0.05, 0.1) is 0 Å². The molecule has 6 heteroatoms. The molecule has 0 aliphatic carbocycles. The number of aromatic nitrogens is 2. The molecule has 72 valence electrons. The topological polar surface area (TPSA) is 54.9 Å². The molecule has 1 rings (SSSR count). The molecule has 1 aromatic heterocycles. The van der Waals surface area contributed by atoms with Crippen LogP contribution in [0.1, 0.15) is 19.8 Å². The first-order valence-electron chi connectivity index (χ1n) is 3.93. The maximum absolute atomic E-state index is 11.1. The van der Waals surface area contributed by atoms with E-state index >= 15 is 0 Å². The Morgan fingerprint density at radius 3 is 3.00 bits per heavy atom. The van der Waals surface area contributed by atoms with E-state index in [0.717, 1.165) is 6.42 Å². The molecule has 1 heterocycles. The van der Waals surface area contributed by atoms with Crippen LogP contribution in [-0.4, -0.2) is 21.5 Å². The lowest BCUT2D eigenvalue weighted by Crippen LogP contribution is -2.10. The summed E-state index contributed by atoms with van der Waals surface area (Å²) in [5.41, 5.74) is 0. The predicted octanol–water partition coefficient (Wildman–Crippen LogP) is 2.00. The SMILES string of the molecule is CCCC(=O)Nc1nc(SC)ns1. The van der Waals surface area contributed by atoms with Crippen LogP contribution in [0.4, 0.5) is 5.13 Å². The number of thioether (sulfide) groups is 1. The van der Waals surface area contributed by atoms with Crippen molar-refractivity contribution in [3.8, 4) is 0 Å². The van der Waals surface area contributed by atoms with Gasteiger partial charge in [-0.15, -0.1) is 0 Å². The minimum Gasteiger partial charge on any atom is -0.301 e. The van der Waals surface area contributed by atoms with Crippen LogP contribution in [0.15, 0.2) is 5.16 Å². The monoisotopic (exact) mass is 217 g/mol. The number of nitrogens with zero attached hydrogens (tertiary/aromatic N) is 2. The lowest BCUT2D eigenvalue weighted by atomic mass is 10.3. The fraction of sp³-hybridized carbons (Fsp3) is 0.571. The number of nitrogens with one attached hydrogen (secondary N) is 1. The summed E-state index contributed by atoms with van der Waals surface area (Å²) < 4.78 is 4.03. The van der Waals surface area contributed by atoms with Gasteiger partial charge in [-0.25, -0.2) is 0 Å². The van der Waals surface area contributed by atoms with Crippen LogP contribution in [0.3, 0.4) is 0 Å². The molecule has 1 aromatic rings. The highest BCUT2D eigenvalue weighted by molar-refractivity contribution is 7.98. The lowest BCUT2D eigenvalue weighted by Gasteiger charge is -1.96. The molecule has 0 unspecified atom stereocenters. The summed E-state index contributed by atoms with van der Waals surface area (Å²) in [6.45, 7) is 1.97. The second-order valence-electron chi connectivity index (χ2n) is 2.38. The van der Waals surface area contributed by atoms with Gasteiger partial charge in [0.25, 0.3) is 0 Å². The Bertz CT molecular complexity index is 287. The van der Waals surface area contributed by atoms with Crippen LogP contribution in [0, 0.1) is 0 Å². The first-order chi connectivity index (χ1) is 6.26. The summed E-state index contributed by atoms with van der Waals surface area (Å²) in [6.07, 6.45) is 3.29. The van der Waals surface area contributed by atoms with Gasteiger partial charge < -0.3 is 5.32 Å². The molecule has 0 saturated heterocycles. The van der Waals surface area contributed by atoms with Crippen LogP contribution in [0.2, 0.25) is 0 Å². The van der Waals surface area contributed by atoms with Crippen molar-refractivity contribution >= 4 is 34.3 Å². The number of anilines is 1. The lowest BCUT2D eigenvalue weighted by molar-refractivity contribution is -0.116. The van der Waals surface area contributed by atoms with Crippen molar-refractivity contribution in [2.45, 2.75) is 24.9 Å². The van der Waals surface area contributed by atoms with Crippen molar-refractivity contribution < 1.29 is 4.79 Å². The summed E-state index contributed by atoms with van der Waals surface area (Å²) in [5, 5.41) is 3.98. The zero-order chi connectivity index (χ0) is 9.68. The van der Waals surface area contributed by atoms with Crippen molar-refractivity contribution in [3.05, 3.63) is 0 Å². The van der Waals surface area contributed by atoms with Crippen LogP contribution < -0.4 is 5.32 Å². The third-order valence-corrected chi connectivity index (χ3v) is 2.61. The third kappa shape index (κ3) is 3.31. The van der Waals surface area contributed by atoms with E-state index in [0.29, 0.717) is 16.7 Å². The Labute approximate surface area is 85.3 Å². The number of amides is 1. The Morgan fingerprint density at radius 1 is 1.69 bits per heavy atom. The molecule has 1 amide bonds. The summed E-state index contributed by atoms with van der Waals surface area (Å²) in [4.78, 5) is 15.2. The highest BCUT2D eigenvalue weighted by Crippen LogP contribution is 2.17. The molecule has 0 aliphatic rings. The smallest absolute Gasteiger partial charge is 0.226 e. The second kappa shape index (κ2) is 5.18. The first kappa shape index (κ1) is 10.5. The quantitative estimate of drug-likeness (QED) is 0.784. The molecule has 1 N–H and O–H groups in total. The standard InChI is InChI=1S/C7H11N3OS2/c1-3-4-5(11)8-6-9-7(12-2)10-13-6/h3-4H2,1-2H3,(H,8,9,10,11). The second-order valence-corrected chi connectivity index (χ2v) is 3.91. The van der Waals surface area contributed by atoms with E-state index in [1.165, 1.54) is 23.3 Å². The van der Waals surface area contributed by atoms with Gasteiger partial charge in [0.15, 0.2) is 0 Å². The molecule has 0 atom stereocenters. The van der Waals surface area contributed by atoms with Gasteiger partial charge in [0, 0.05) is 18.0 Å². The molecular weight excluding hydrogens is 206 g/mol. The fourth-order valence-corrected chi connectivity index (χ4v) is 1.89. The van der Waals surface area contributed by atoms with Crippen molar-refractivity contribution in [2.24, 2.45) is 0 Å². The summed E-state index contributed by atoms with van der Waals surface area (Å²) in [5.74, 6) is 0.00584. The molecule has 13 heavy (non-hydrogen) atoms. The highest BCUT2D eigenvalue weighted by Gasteiger charge is 2.05. The molecule has 0 bridgehead atoms. The molecule has 0 saturated carbocycles. The summed E-state index contributed by atoms with van der Waals surface area (Å²) in [6, 6.07) is 0. The fourth-order valence-electron chi connectivity index (χ4n) is 0.752. The number of carbonyl (C=O) groups excluding carboxylic acids is 1. The van der Waals surface area contributed by atoms with Crippen LogP contribution in [0.25, 0.3) is 0 Å². The van der Waals surface area contributed by atoms with E-state index in [4.69, 9.17) is 0 Å². The minimum absolute atomic E-state index is 0.00584. The van der Waals surface area contributed by atoms with Crippen molar-refractivity contribution in [2.75, 3.05) is 11.6 Å². The molecule has 0 radical (unpaired) electrons. The van der Waals surface area contributed by atoms with E-state index in [2.05, 4.69) is 14.7 Å². The summed E-state index contributed by atoms with van der Waals surface area (Å²) in [7, 11) is 0. The zero-order valence-electron chi connectivity index (χ0n) is 7.53. The molecule has 0 aromatic carbocycles. The van der Waals surface area contributed by atoms with E-state index in [1.54, 1.807) is 0 Å². The molecular formula is C7H11N3OS2. The molecule has 0 fully saturated rings. The Kier molecular flexibility index (Phi) is 4.17. The van der Waals surface area contributed by atoms with E-state index in [9.17, 15) is 4.79 Å². The average Bonchev–Trinajstić information content (AvgIpc) is 2.52. The van der Waals surface area contributed by atoms with Gasteiger partial charge in [-0.2, -0.15) is 9.36 Å². The van der Waals surface area contributed by atoms with Gasteiger partial charge in [-0.05, 0) is 12.7 Å². The molecule has 0 spiro atoms. The Morgan fingerprint density at radius 2 is 2.46 bits per heavy atom. The number of rotatable bonds is 4.